The molecular formula is C13H12O6. The molecule has 0 N–H and O–H groups in total. The molecule has 2 heterocycles. The fourth-order valence-electron chi connectivity index (χ4n) is 1.33. The zero-order valence-electron chi connectivity index (χ0n) is 9.93. The van der Waals surface area contributed by atoms with Gasteiger partial charge in [-0.25, -0.2) is 0 Å². The highest BCUT2D eigenvalue weighted by atomic mass is 16.7. The second-order valence-electron chi connectivity index (χ2n) is 3.59. The van der Waals surface area contributed by atoms with Crippen LogP contribution in [0.5, 0.6) is 0 Å². The van der Waals surface area contributed by atoms with Gasteiger partial charge in [-0.3, -0.25) is 9.59 Å². The molecule has 19 heavy (non-hydrogen) atoms. The summed E-state index contributed by atoms with van der Waals surface area (Å²) in [6, 6.07) is 0. The SMILES string of the molecule is O=C(CC(=O)OC1C=CC=CO1)OC1C=CC=CO1. The van der Waals surface area contributed by atoms with Gasteiger partial charge in [-0.2, -0.15) is 0 Å². The number of esters is 2. The molecule has 0 radical (unpaired) electrons. The van der Waals surface area contributed by atoms with Gasteiger partial charge in [0, 0.05) is 0 Å². The van der Waals surface area contributed by atoms with Crippen LogP contribution >= 0.6 is 0 Å². The van der Waals surface area contributed by atoms with E-state index in [4.69, 9.17) is 18.9 Å². The van der Waals surface area contributed by atoms with Crippen molar-refractivity contribution in [3.05, 3.63) is 49.0 Å². The first kappa shape index (κ1) is 12.9. The third-order valence-electron chi connectivity index (χ3n) is 2.13. The van der Waals surface area contributed by atoms with Crippen molar-refractivity contribution in [2.45, 2.75) is 19.0 Å². The van der Waals surface area contributed by atoms with E-state index in [-0.39, 0.29) is 0 Å². The first-order chi connectivity index (χ1) is 9.24. The molecular weight excluding hydrogens is 252 g/mol. The maximum atomic E-state index is 11.4. The molecule has 2 aliphatic rings. The summed E-state index contributed by atoms with van der Waals surface area (Å²) in [6.45, 7) is 0. The van der Waals surface area contributed by atoms with E-state index in [1.807, 2.05) is 0 Å². The number of ether oxygens (including phenoxy) is 4. The number of carbonyl (C=O) groups is 2. The molecule has 0 saturated heterocycles. The molecule has 0 saturated carbocycles. The predicted octanol–water partition coefficient (Wildman–Crippen LogP) is 1.32. The maximum Gasteiger partial charge on any atom is 0.320 e. The molecule has 0 spiro atoms. The smallest absolute Gasteiger partial charge is 0.320 e. The first-order valence-corrected chi connectivity index (χ1v) is 5.60. The van der Waals surface area contributed by atoms with Crippen LogP contribution in [-0.2, 0) is 28.5 Å². The summed E-state index contributed by atoms with van der Waals surface area (Å²) < 4.78 is 19.7. The zero-order valence-corrected chi connectivity index (χ0v) is 9.93. The molecule has 0 aliphatic carbocycles. The standard InChI is InChI=1S/C13H12O6/c14-10(18-12-5-1-3-7-16-12)9-11(15)19-13-6-2-4-8-17-13/h1-8,12-13H,9H2. The minimum Gasteiger partial charge on any atom is -0.459 e. The average Bonchev–Trinajstić information content (AvgIpc) is 2.40. The maximum absolute atomic E-state index is 11.4. The van der Waals surface area contributed by atoms with Gasteiger partial charge in [0.2, 0.25) is 0 Å². The van der Waals surface area contributed by atoms with E-state index >= 15 is 0 Å². The van der Waals surface area contributed by atoms with E-state index in [9.17, 15) is 9.59 Å². The Morgan fingerprint density at radius 3 is 1.68 bits per heavy atom. The lowest BCUT2D eigenvalue weighted by molar-refractivity contribution is -0.173. The summed E-state index contributed by atoms with van der Waals surface area (Å²) in [5, 5.41) is 0. The first-order valence-electron chi connectivity index (χ1n) is 5.60. The number of rotatable bonds is 4. The number of carbonyl (C=O) groups excluding carboxylic acids is 2. The molecule has 2 atom stereocenters. The molecule has 2 unspecified atom stereocenters. The van der Waals surface area contributed by atoms with Gasteiger partial charge in [0.05, 0.1) is 12.5 Å². The number of allylic oxidation sites excluding steroid dienone is 4. The van der Waals surface area contributed by atoms with Crippen molar-refractivity contribution >= 4 is 11.9 Å². The highest BCUT2D eigenvalue weighted by molar-refractivity contribution is 5.91. The second kappa shape index (κ2) is 6.44. The van der Waals surface area contributed by atoms with Gasteiger partial charge in [-0.05, 0) is 24.3 Å². The van der Waals surface area contributed by atoms with Crippen LogP contribution in [-0.4, -0.2) is 24.5 Å². The Balaban J connectivity index is 1.71. The van der Waals surface area contributed by atoms with E-state index in [0.29, 0.717) is 0 Å². The lowest BCUT2D eigenvalue weighted by atomic mass is 10.4. The van der Waals surface area contributed by atoms with E-state index in [0.717, 1.165) is 0 Å². The lowest BCUT2D eigenvalue weighted by Crippen LogP contribution is -2.24. The Bertz CT molecular complexity index is 418. The summed E-state index contributed by atoms with van der Waals surface area (Å²) in [7, 11) is 0. The van der Waals surface area contributed by atoms with Gasteiger partial charge in [-0.1, -0.05) is 12.2 Å². The van der Waals surface area contributed by atoms with Crippen LogP contribution in [0.1, 0.15) is 6.42 Å². The van der Waals surface area contributed by atoms with Crippen LogP contribution in [0, 0.1) is 0 Å². The molecule has 2 rings (SSSR count). The Kier molecular flexibility index (Phi) is 4.39. The summed E-state index contributed by atoms with van der Waals surface area (Å²) in [5.74, 6) is -1.46. The summed E-state index contributed by atoms with van der Waals surface area (Å²) in [4.78, 5) is 22.9. The quantitative estimate of drug-likeness (QED) is 0.563. The second-order valence-corrected chi connectivity index (χ2v) is 3.59. The average molecular weight is 264 g/mol. The number of hydrogen-bond donors (Lipinski definition) is 0. The predicted molar refractivity (Wildman–Crippen MR) is 63.1 cm³/mol. The topological polar surface area (TPSA) is 71.1 Å². The third-order valence-corrected chi connectivity index (χ3v) is 2.13. The minimum atomic E-state index is -0.806. The highest BCUT2D eigenvalue weighted by Gasteiger charge is 2.20. The van der Waals surface area contributed by atoms with E-state index in [1.54, 1.807) is 36.5 Å². The Morgan fingerprint density at radius 2 is 1.32 bits per heavy atom. The van der Waals surface area contributed by atoms with Crippen molar-refractivity contribution in [2.75, 3.05) is 0 Å². The number of hydrogen-bond acceptors (Lipinski definition) is 6. The Hall–Kier alpha value is -2.50. The van der Waals surface area contributed by atoms with Gasteiger partial charge in [-0.15, -0.1) is 0 Å². The van der Waals surface area contributed by atoms with Crippen LogP contribution in [0.4, 0.5) is 0 Å². The summed E-state index contributed by atoms with van der Waals surface area (Å²) in [6.07, 6.45) is 10.4. The van der Waals surface area contributed by atoms with Crippen molar-refractivity contribution < 1.29 is 28.5 Å². The minimum absolute atomic E-state index is 0.505. The van der Waals surface area contributed by atoms with Gasteiger partial charge < -0.3 is 18.9 Å². The molecule has 0 aromatic carbocycles. The molecule has 0 fully saturated rings. The van der Waals surface area contributed by atoms with Gasteiger partial charge in [0.15, 0.2) is 0 Å². The highest BCUT2D eigenvalue weighted by Crippen LogP contribution is 2.08. The van der Waals surface area contributed by atoms with Crippen molar-refractivity contribution in [3.63, 3.8) is 0 Å². The fraction of sp³-hybridized carbons (Fsp3) is 0.231. The molecule has 100 valence electrons. The van der Waals surface area contributed by atoms with Crippen molar-refractivity contribution in [3.8, 4) is 0 Å². The van der Waals surface area contributed by atoms with Crippen LogP contribution in [0.25, 0.3) is 0 Å². The van der Waals surface area contributed by atoms with Gasteiger partial charge in [0.1, 0.15) is 6.42 Å². The monoisotopic (exact) mass is 264 g/mol. The van der Waals surface area contributed by atoms with E-state index < -0.39 is 30.9 Å². The van der Waals surface area contributed by atoms with E-state index in [1.165, 1.54) is 12.5 Å². The molecule has 0 aromatic heterocycles. The van der Waals surface area contributed by atoms with Crippen molar-refractivity contribution in [1.82, 2.24) is 0 Å². The Labute approximate surface area is 109 Å². The summed E-state index contributed by atoms with van der Waals surface area (Å²) >= 11 is 0. The summed E-state index contributed by atoms with van der Waals surface area (Å²) in [5.41, 5.74) is 0. The van der Waals surface area contributed by atoms with Crippen molar-refractivity contribution in [2.24, 2.45) is 0 Å². The van der Waals surface area contributed by atoms with Gasteiger partial charge in [0.25, 0.3) is 12.6 Å². The largest absolute Gasteiger partial charge is 0.459 e. The molecule has 2 aliphatic heterocycles. The third kappa shape index (κ3) is 4.34. The van der Waals surface area contributed by atoms with Crippen LogP contribution in [0.3, 0.4) is 0 Å². The van der Waals surface area contributed by atoms with Crippen LogP contribution in [0.15, 0.2) is 49.0 Å². The van der Waals surface area contributed by atoms with Crippen LogP contribution < -0.4 is 0 Å². The fourth-order valence-corrected chi connectivity index (χ4v) is 1.33. The molecule has 6 nitrogen and oxygen atoms in total. The molecule has 0 aromatic rings. The van der Waals surface area contributed by atoms with Crippen molar-refractivity contribution in [1.29, 1.82) is 0 Å². The lowest BCUT2D eigenvalue weighted by Gasteiger charge is -2.17. The normalized spacial score (nSPS) is 23.4. The zero-order chi connectivity index (χ0) is 13.5. The Morgan fingerprint density at radius 1 is 0.842 bits per heavy atom. The molecule has 6 heteroatoms. The van der Waals surface area contributed by atoms with E-state index in [2.05, 4.69) is 0 Å². The van der Waals surface area contributed by atoms with Crippen LogP contribution in [0.2, 0.25) is 0 Å². The molecule has 0 bridgehead atoms. The molecule has 0 amide bonds. The van der Waals surface area contributed by atoms with Gasteiger partial charge >= 0.3 is 11.9 Å².